The van der Waals surface area contributed by atoms with Crippen molar-refractivity contribution in [3.8, 4) is 23.0 Å². The Morgan fingerprint density at radius 1 is 1.22 bits per heavy atom. The number of nitrogens with two attached hydrogens (primary N) is 1. The lowest BCUT2D eigenvalue weighted by Crippen LogP contribution is -2.52. The summed E-state index contributed by atoms with van der Waals surface area (Å²) in [6.07, 6.45) is 0.574. The summed E-state index contributed by atoms with van der Waals surface area (Å²) in [4.78, 5) is 17.5. The van der Waals surface area contributed by atoms with Gasteiger partial charge in [0.2, 0.25) is 0 Å². The van der Waals surface area contributed by atoms with Crippen molar-refractivity contribution < 1.29 is 31.4 Å². The minimum atomic E-state index is -4.88. The molecule has 1 aromatic carbocycles. The summed E-state index contributed by atoms with van der Waals surface area (Å²) in [6.45, 7) is 3.99. The van der Waals surface area contributed by atoms with Gasteiger partial charge in [-0.05, 0) is 81.5 Å². The van der Waals surface area contributed by atoms with Crippen molar-refractivity contribution in [3.05, 3.63) is 40.4 Å². The van der Waals surface area contributed by atoms with E-state index in [1.165, 1.54) is 0 Å². The quantitative estimate of drug-likeness (QED) is 0.301. The number of rotatable bonds is 4. The van der Waals surface area contributed by atoms with Gasteiger partial charge >= 0.3 is 12.2 Å². The number of nitrogen functional groups attached to an aromatic ring is 1. The van der Waals surface area contributed by atoms with Crippen LogP contribution < -0.4 is 20.1 Å². The molecule has 46 heavy (non-hydrogen) atoms. The summed E-state index contributed by atoms with van der Waals surface area (Å²) in [5, 5.41) is -0.183. The molecule has 1 aliphatic carbocycles. The molecule has 3 saturated heterocycles. The normalized spacial score (nSPS) is 29.6. The number of piperidine rings is 1. The van der Waals surface area contributed by atoms with E-state index in [1.807, 2.05) is 6.92 Å². The van der Waals surface area contributed by atoms with E-state index in [2.05, 4.69) is 19.8 Å². The van der Waals surface area contributed by atoms with Gasteiger partial charge in [0.05, 0.1) is 45.1 Å². The SMILES string of the molecule is C[C@@H]1Oc2c(Cl)c(-c3nc(N)ccc3C(F)(F)F)c(F)c3nc(OC[C@@]45CCCN4C/C(=C\F)C5)nc(c23)N2C[C@H]3CC[C@H](C3)[C@@H]12. The molecule has 4 aliphatic heterocycles. The second kappa shape index (κ2) is 10.5. The molecule has 8 nitrogen and oxygen atoms in total. The predicted molar refractivity (Wildman–Crippen MR) is 162 cm³/mol. The van der Waals surface area contributed by atoms with E-state index in [0.717, 1.165) is 50.8 Å². The number of ether oxygens (including phenoxy) is 2. The van der Waals surface area contributed by atoms with Crippen molar-refractivity contribution in [1.82, 2.24) is 19.9 Å². The van der Waals surface area contributed by atoms with Crippen molar-refractivity contribution in [2.45, 2.75) is 69.3 Å². The number of fused-ring (bicyclic) bond motifs is 6. The topological polar surface area (TPSA) is 89.6 Å². The Balaban J connectivity index is 1.33. The van der Waals surface area contributed by atoms with E-state index in [-0.39, 0.29) is 52.1 Å². The first kappa shape index (κ1) is 29.9. The molecule has 6 heterocycles. The van der Waals surface area contributed by atoms with Crippen molar-refractivity contribution >= 4 is 34.1 Å². The van der Waals surface area contributed by atoms with Crippen LogP contribution in [0.1, 0.15) is 51.0 Å². The van der Waals surface area contributed by atoms with Crippen LogP contribution in [0.2, 0.25) is 5.02 Å². The van der Waals surface area contributed by atoms with Gasteiger partial charge in [0, 0.05) is 13.1 Å². The fourth-order valence-electron chi connectivity index (χ4n) is 8.73. The van der Waals surface area contributed by atoms with Gasteiger partial charge in [-0.3, -0.25) is 4.90 Å². The Hall–Kier alpha value is -3.45. The first-order valence-electron chi connectivity index (χ1n) is 15.6. The molecule has 0 unspecified atom stereocenters. The number of hydrogen-bond acceptors (Lipinski definition) is 8. The third kappa shape index (κ3) is 4.51. The summed E-state index contributed by atoms with van der Waals surface area (Å²) < 4.78 is 85.8. The van der Waals surface area contributed by atoms with Gasteiger partial charge in [0.15, 0.2) is 11.6 Å². The number of benzene rings is 1. The van der Waals surface area contributed by atoms with E-state index < -0.39 is 40.5 Å². The lowest BCUT2D eigenvalue weighted by Gasteiger charge is -2.42. The van der Waals surface area contributed by atoms with Crippen LogP contribution in [0, 0.1) is 17.7 Å². The van der Waals surface area contributed by atoms with Gasteiger partial charge in [-0.1, -0.05) is 11.6 Å². The zero-order chi connectivity index (χ0) is 32.1. The number of nitrogens with zero attached hydrogens (tertiary/aromatic N) is 5. The zero-order valence-electron chi connectivity index (χ0n) is 25.0. The summed E-state index contributed by atoms with van der Waals surface area (Å²) in [5.74, 6) is -0.286. The van der Waals surface area contributed by atoms with E-state index >= 15 is 4.39 Å². The van der Waals surface area contributed by atoms with Gasteiger partial charge in [0.25, 0.3) is 0 Å². The fourth-order valence-corrected chi connectivity index (χ4v) is 9.05. The van der Waals surface area contributed by atoms with Crippen LogP contribution in [0.15, 0.2) is 24.0 Å². The second-order valence-electron chi connectivity index (χ2n) is 13.4. The molecule has 2 bridgehead atoms. The second-order valence-corrected chi connectivity index (χ2v) is 13.8. The van der Waals surface area contributed by atoms with Crippen LogP contribution in [0.3, 0.4) is 0 Å². The van der Waals surface area contributed by atoms with Crippen LogP contribution in [-0.4, -0.2) is 63.8 Å². The molecule has 1 saturated carbocycles. The summed E-state index contributed by atoms with van der Waals surface area (Å²) >= 11 is 6.84. The molecule has 2 aromatic heterocycles. The summed E-state index contributed by atoms with van der Waals surface area (Å²) in [6, 6.07) is 1.50. The van der Waals surface area contributed by atoms with Crippen LogP contribution >= 0.6 is 11.6 Å². The maximum Gasteiger partial charge on any atom is 0.418 e. The van der Waals surface area contributed by atoms with Gasteiger partial charge in [-0.15, -0.1) is 0 Å². The molecule has 14 heteroatoms. The minimum Gasteiger partial charge on any atom is -0.486 e. The highest BCUT2D eigenvalue weighted by Crippen LogP contribution is 2.53. The molecule has 0 radical (unpaired) electrons. The lowest BCUT2D eigenvalue weighted by molar-refractivity contribution is -0.137. The predicted octanol–water partition coefficient (Wildman–Crippen LogP) is 6.94. The summed E-state index contributed by atoms with van der Waals surface area (Å²) in [5.41, 5.74) is 3.19. The number of hydrogen-bond donors (Lipinski definition) is 1. The van der Waals surface area contributed by atoms with Crippen molar-refractivity contribution in [2.24, 2.45) is 11.8 Å². The average molecular weight is 663 g/mol. The molecule has 0 spiro atoms. The average Bonchev–Trinajstić information content (AvgIpc) is 3.66. The van der Waals surface area contributed by atoms with Gasteiger partial charge in [0.1, 0.15) is 29.9 Å². The number of pyridine rings is 1. The molecular formula is C32H32ClF5N6O2. The first-order chi connectivity index (χ1) is 22.0. The molecule has 5 atom stereocenters. The van der Waals surface area contributed by atoms with Crippen molar-refractivity contribution in [1.29, 1.82) is 0 Å². The Kier molecular flexibility index (Phi) is 6.85. The first-order valence-corrected chi connectivity index (χ1v) is 16.0. The van der Waals surface area contributed by atoms with E-state index in [9.17, 15) is 17.6 Å². The van der Waals surface area contributed by atoms with Gasteiger partial charge in [-0.25, -0.2) is 13.8 Å². The highest BCUT2D eigenvalue weighted by Gasteiger charge is 2.49. The smallest absolute Gasteiger partial charge is 0.418 e. The summed E-state index contributed by atoms with van der Waals surface area (Å²) in [7, 11) is 0. The number of anilines is 2. The third-order valence-corrected chi connectivity index (χ3v) is 11.0. The largest absolute Gasteiger partial charge is 0.486 e. The highest BCUT2D eigenvalue weighted by molar-refractivity contribution is 6.36. The van der Waals surface area contributed by atoms with Crippen LogP contribution in [0.5, 0.6) is 11.8 Å². The van der Waals surface area contributed by atoms with Crippen molar-refractivity contribution in [3.63, 3.8) is 0 Å². The maximum atomic E-state index is 16.9. The Bertz CT molecular complexity index is 1790. The number of halogens is 6. The molecule has 0 amide bonds. The Morgan fingerprint density at radius 2 is 2.04 bits per heavy atom. The molecular weight excluding hydrogens is 631 g/mol. The molecule has 8 rings (SSSR count). The van der Waals surface area contributed by atoms with Crippen LogP contribution in [0.4, 0.5) is 33.6 Å². The molecule has 5 aliphatic rings. The monoisotopic (exact) mass is 662 g/mol. The lowest BCUT2D eigenvalue weighted by atomic mass is 9.87. The Morgan fingerprint density at radius 3 is 2.83 bits per heavy atom. The number of alkyl halides is 3. The number of aromatic nitrogens is 3. The molecule has 3 aromatic rings. The molecule has 244 valence electrons. The van der Waals surface area contributed by atoms with Gasteiger partial charge in [-0.2, -0.15) is 23.1 Å². The standard InChI is InChI=1S/C32H32ClF5N6O2/c1-15-27-18-4-3-16(9-18)13-44(27)29-22-26(41-30(42-29)45-14-31-7-2-8-43(31)12-17(10-31)11-34)24(35)21(23(33)28(22)46-15)25-19(32(36,37)38)5-6-20(39)40-25/h5-6,11,15-16,18,27H,2-4,7-10,12-14H2,1H3,(H2,39,40)/b17-11-/t15-,16-,18+,27+,31-/m0/s1. The van der Waals surface area contributed by atoms with Crippen LogP contribution in [-0.2, 0) is 6.18 Å². The van der Waals surface area contributed by atoms with Crippen molar-refractivity contribution in [2.75, 3.05) is 36.9 Å². The molecule has 2 N–H and O–H groups in total. The maximum absolute atomic E-state index is 16.9. The Labute approximate surface area is 266 Å². The van der Waals surface area contributed by atoms with Crippen LogP contribution in [0.25, 0.3) is 22.2 Å². The fraction of sp³-hybridized carbons (Fsp3) is 0.531. The minimum absolute atomic E-state index is 0.00109. The van der Waals surface area contributed by atoms with Gasteiger partial charge < -0.3 is 20.1 Å². The highest BCUT2D eigenvalue weighted by atomic mass is 35.5. The van der Waals surface area contributed by atoms with E-state index in [1.54, 1.807) is 0 Å². The third-order valence-electron chi connectivity index (χ3n) is 10.7. The molecule has 4 fully saturated rings. The zero-order valence-corrected chi connectivity index (χ0v) is 25.8. The van der Waals surface area contributed by atoms with E-state index in [0.29, 0.717) is 43.1 Å². The van der Waals surface area contributed by atoms with E-state index in [4.69, 9.17) is 31.8 Å².